The number of alkyl halides is 3. The maximum absolute atomic E-state index is 12.2. The fourth-order valence-corrected chi connectivity index (χ4v) is 1.90. The first-order chi connectivity index (χ1) is 7.46. The van der Waals surface area contributed by atoms with Crippen LogP contribution in [0.1, 0.15) is 0 Å². The van der Waals surface area contributed by atoms with Gasteiger partial charge in [0.15, 0.2) is 0 Å². The van der Waals surface area contributed by atoms with E-state index in [1.165, 1.54) is 6.07 Å². The van der Waals surface area contributed by atoms with Crippen molar-refractivity contribution in [3.05, 3.63) is 40.9 Å². The van der Waals surface area contributed by atoms with Crippen LogP contribution in [0, 0.1) is 0 Å². The van der Waals surface area contributed by atoms with Crippen molar-refractivity contribution < 1.29 is 17.9 Å². The van der Waals surface area contributed by atoms with Gasteiger partial charge in [0.2, 0.25) is 0 Å². The molecule has 2 aromatic rings. The number of ether oxygens (including phenoxy) is 1. The Hall–Kier alpha value is -1.23. The first kappa shape index (κ1) is 11.3. The Balaban J connectivity index is 2.59. The fourth-order valence-electron chi connectivity index (χ4n) is 1.45. The lowest BCUT2D eigenvalue weighted by Gasteiger charge is -2.11. The summed E-state index contributed by atoms with van der Waals surface area (Å²) in [4.78, 5) is 0. The predicted molar refractivity (Wildman–Crippen MR) is 58.3 cm³/mol. The van der Waals surface area contributed by atoms with E-state index >= 15 is 0 Å². The van der Waals surface area contributed by atoms with Crippen molar-refractivity contribution in [3.8, 4) is 5.75 Å². The number of halogens is 4. The van der Waals surface area contributed by atoms with Crippen LogP contribution in [-0.4, -0.2) is 6.36 Å². The highest BCUT2D eigenvalue weighted by Crippen LogP contribution is 2.33. The first-order valence-electron chi connectivity index (χ1n) is 4.40. The number of hydrogen-bond acceptors (Lipinski definition) is 1. The van der Waals surface area contributed by atoms with Gasteiger partial charge >= 0.3 is 6.36 Å². The first-order valence-corrected chi connectivity index (χ1v) is 5.19. The van der Waals surface area contributed by atoms with Crippen molar-refractivity contribution in [2.45, 2.75) is 6.36 Å². The summed E-state index contributed by atoms with van der Waals surface area (Å²) in [6.45, 7) is 0. The molecule has 16 heavy (non-hydrogen) atoms. The minimum absolute atomic E-state index is 0.197. The van der Waals surface area contributed by atoms with Crippen molar-refractivity contribution in [3.63, 3.8) is 0 Å². The molecule has 0 aromatic heterocycles. The third-order valence-corrected chi connectivity index (χ3v) is 2.47. The van der Waals surface area contributed by atoms with Crippen LogP contribution in [0.25, 0.3) is 10.8 Å². The zero-order valence-electron chi connectivity index (χ0n) is 7.88. The molecule has 0 N–H and O–H groups in total. The molecule has 5 heteroatoms. The van der Waals surface area contributed by atoms with Gasteiger partial charge in [-0.15, -0.1) is 13.2 Å². The smallest absolute Gasteiger partial charge is 0.405 e. The molecule has 0 aliphatic rings. The van der Waals surface area contributed by atoms with Crippen molar-refractivity contribution in [2.75, 3.05) is 0 Å². The Morgan fingerprint density at radius 3 is 2.44 bits per heavy atom. The van der Waals surface area contributed by atoms with Gasteiger partial charge in [0.25, 0.3) is 0 Å². The minimum Gasteiger partial charge on any atom is -0.405 e. The van der Waals surface area contributed by atoms with E-state index in [1.807, 2.05) is 0 Å². The summed E-state index contributed by atoms with van der Waals surface area (Å²) in [6, 6.07) is 9.77. The Labute approximate surface area is 98.0 Å². The minimum atomic E-state index is -4.68. The average molecular weight is 291 g/mol. The summed E-state index contributed by atoms with van der Waals surface area (Å²) in [5, 5.41) is 1.12. The van der Waals surface area contributed by atoms with E-state index in [-0.39, 0.29) is 5.75 Å². The largest absolute Gasteiger partial charge is 0.573 e. The van der Waals surface area contributed by atoms with Crippen molar-refractivity contribution in [1.82, 2.24) is 0 Å². The van der Waals surface area contributed by atoms with Crippen LogP contribution >= 0.6 is 15.9 Å². The van der Waals surface area contributed by atoms with E-state index in [2.05, 4.69) is 20.7 Å². The SMILES string of the molecule is FC(F)(F)Oc1cc(Br)cc2ccccc12. The number of benzene rings is 2. The Bertz CT molecular complexity index is 522. The maximum atomic E-state index is 12.2. The highest BCUT2D eigenvalue weighted by Gasteiger charge is 2.31. The highest BCUT2D eigenvalue weighted by atomic mass is 79.9. The van der Waals surface area contributed by atoms with Gasteiger partial charge in [0, 0.05) is 9.86 Å². The second-order valence-electron chi connectivity index (χ2n) is 3.17. The monoisotopic (exact) mass is 290 g/mol. The van der Waals surface area contributed by atoms with Crippen LogP contribution in [0.5, 0.6) is 5.75 Å². The molecule has 0 radical (unpaired) electrons. The topological polar surface area (TPSA) is 9.23 Å². The van der Waals surface area contributed by atoms with Crippen LogP contribution in [0.15, 0.2) is 40.9 Å². The normalized spacial score (nSPS) is 11.8. The van der Waals surface area contributed by atoms with Crippen LogP contribution in [0.3, 0.4) is 0 Å². The number of fused-ring (bicyclic) bond motifs is 1. The Kier molecular flexibility index (Phi) is 2.80. The lowest BCUT2D eigenvalue weighted by atomic mass is 10.1. The molecule has 84 valence electrons. The zero-order valence-corrected chi connectivity index (χ0v) is 9.47. The average Bonchev–Trinajstić information content (AvgIpc) is 2.14. The quantitative estimate of drug-likeness (QED) is 0.751. The molecule has 1 nitrogen and oxygen atoms in total. The molecule has 0 unspecified atom stereocenters. The van der Waals surface area contributed by atoms with E-state index in [0.717, 1.165) is 0 Å². The maximum Gasteiger partial charge on any atom is 0.573 e. The summed E-state index contributed by atoms with van der Waals surface area (Å²) < 4.78 is 41.0. The predicted octanol–water partition coefficient (Wildman–Crippen LogP) is 4.50. The second kappa shape index (κ2) is 3.97. The van der Waals surface area contributed by atoms with E-state index < -0.39 is 6.36 Å². The molecule has 0 saturated carbocycles. The number of rotatable bonds is 1. The summed E-state index contributed by atoms with van der Waals surface area (Å²) in [7, 11) is 0. The molecule has 2 aromatic carbocycles. The Morgan fingerprint density at radius 2 is 1.75 bits per heavy atom. The molecule has 0 saturated heterocycles. The molecule has 0 aliphatic heterocycles. The van der Waals surface area contributed by atoms with Crippen molar-refractivity contribution >= 4 is 26.7 Å². The van der Waals surface area contributed by atoms with Gasteiger partial charge in [-0.3, -0.25) is 0 Å². The molecule has 0 aliphatic carbocycles. The third kappa shape index (κ3) is 2.47. The summed E-state index contributed by atoms with van der Waals surface area (Å²) >= 11 is 3.14. The highest BCUT2D eigenvalue weighted by molar-refractivity contribution is 9.10. The van der Waals surface area contributed by atoms with Crippen LogP contribution < -0.4 is 4.74 Å². The van der Waals surface area contributed by atoms with Gasteiger partial charge in [-0.1, -0.05) is 40.2 Å². The van der Waals surface area contributed by atoms with Crippen LogP contribution in [0.2, 0.25) is 0 Å². The van der Waals surface area contributed by atoms with Crippen LogP contribution in [-0.2, 0) is 0 Å². The van der Waals surface area contributed by atoms with E-state index in [0.29, 0.717) is 15.2 Å². The van der Waals surface area contributed by atoms with Gasteiger partial charge < -0.3 is 4.74 Å². The van der Waals surface area contributed by atoms with Gasteiger partial charge in [-0.2, -0.15) is 0 Å². The van der Waals surface area contributed by atoms with Gasteiger partial charge in [-0.05, 0) is 17.5 Å². The van der Waals surface area contributed by atoms with Gasteiger partial charge in [-0.25, -0.2) is 0 Å². The van der Waals surface area contributed by atoms with Crippen molar-refractivity contribution in [1.29, 1.82) is 0 Å². The molecule has 0 fully saturated rings. The van der Waals surface area contributed by atoms with E-state index in [4.69, 9.17) is 0 Å². The molecule has 2 rings (SSSR count). The van der Waals surface area contributed by atoms with Crippen LogP contribution in [0.4, 0.5) is 13.2 Å². The molecule has 0 heterocycles. The molecule has 0 atom stereocenters. The number of hydrogen-bond donors (Lipinski definition) is 0. The zero-order chi connectivity index (χ0) is 11.8. The standard InChI is InChI=1S/C11H6BrF3O/c12-8-5-7-3-1-2-4-9(7)10(6-8)16-11(13,14)15/h1-6H. The summed E-state index contributed by atoms with van der Waals surface area (Å²) in [6.07, 6.45) is -4.68. The van der Waals surface area contributed by atoms with Gasteiger partial charge in [0.05, 0.1) is 0 Å². The molecule has 0 bridgehead atoms. The van der Waals surface area contributed by atoms with Crippen molar-refractivity contribution in [2.24, 2.45) is 0 Å². The summed E-state index contributed by atoms with van der Waals surface area (Å²) in [5.41, 5.74) is 0. The Morgan fingerprint density at radius 1 is 1.06 bits per heavy atom. The van der Waals surface area contributed by atoms with E-state index in [1.54, 1.807) is 30.3 Å². The molecular formula is C11H6BrF3O. The lowest BCUT2D eigenvalue weighted by molar-refractivity contribution is -0.274. The summed E-state index contributed by atoms with van der Waals surface area (Å²) in [5.74, 6) is -0.197. The second-order valence-corrected chi connectivity index (χ2v) is 4.09. The molecule has 0 amide bonds. The third-order valence-electron chi connectivity index (χ3n) is 2.01. The molecule has 0 spiro atoms. The van der Waals surface area contributed by atoms with E-state index in [9.17, 15) is 13.2 Å². The molecular weight excluding hydrogens is 285 g/mol. The fraction of sp³-hybridized carbons (Fsp3) is 0.0909. The van der Waals surface area contributed by atoms with Gasteiger partial charge in [0.1, 0.15) is 5.75 Å². The lowest BCUT2D eigenvalue weighted by Crippen LogP contribution is -2.17.